The van der Waals surface area contributed by atoms with E-state index in [0.717, 1.165) is 17.1 Å². The highest BCUT2D eigenvalue weighted by molar-refractivity contribution is 5.67. The molecule has 0 amide bonds. The maximum absolute atomic E-state index is 5.42. The fourth-order valence-corrected chi connectivity index (χ4v) is 2.74. The fraction of sp³-hybridized carbons (Fsp3) is 0.238. The lowest BCUT2D eigenvalue weighted by molar-refractivity contribution is 0.405. The van der Waals surface area contributed by atoms with E-state index in [1.165, 1.54) is 11.1 Å². The Labute approximate surface area is 159 Å². The summed E-state index contributed by atoms with van der Waals surface area (Å²) in [4.78, 5) is 9.05. The van der Waals surface area contributed by atoms with Gasteiger partial charge in [-0.25, -0.2) is 4.98 Å². The highest BCUT2D eigenvalue weighted by atomic mass is 16.5. The van der Waals surface area contributed by atoms with Crippen molar-refractivity contribution in [1.29, 1.82) is 0 Å². The van der Waals surface area contributed by atoms with Crippen molar-refractivity contribution in [2.75, 3.05) is 24.9 Å². The highest BCUT2D eigenvalue weighted by Crippen LogP contribution is 2.31. The van der Waals surface area contributed by atoms with Crippen LogP contribution in [0.2, 0.25) is 0 Å². The number of nitrogens with one attached hydrogen (secondary N) is 2. The third-order valence-electron chi connectivity index (χ3n) is 4.22. The molecule has 6 heteroatoms. The molecule has 3 rings (SSSR count). The number of nitrogens with zero attached hydrogens (tertiary/aromatic N) is 2. The van der Waals surface area contributed by atoms with Gasteiger partial charge in [-0.15, -0.1) is 0 Å². The molecule has 1 aromatic heterocycles. The number of aromatic nitrogens is 2. The molecule has 0 saturated heterocycles. The van der Waals surface area contributed by atoms with Crippen molar-refractivity contribution in [3.63, 3.8) is 0 Å². The van der Waals surface area contributed by atoms with E-state index in [-0.39, 0.29) is 0 Å². The molecule has 0 atom stereocenters. The van der Waals surface area contributed by atoms with Gasteiger partial charge < -0.3 is 20.1 Å². The number of aryl methyl sites for hydroxylation is 2. The number of benzene rings is 2. The van der Waals surface area contributed by atoms with Crippen molar-refractivity contribution in [1.82, 2.24) is 9.97 Å². The molecule has 0 aliphatic rings. The minimum Gasteiger partial charge on any atom is -0.497 e. The minimum absolute atomic E-state index is 0.572. The number of rotatable bonds is 7. The van der Waals surface area contributed by atoms with Gasteiger partial charge in [-0.1, -0.05) is 24.3 Å². The zero-order valence-corrected chi connectivity index (χ0v) is 16.0. The van der Waals surface area contributed by atoms with Crippen LogP contribution in [0.15, 0.2) is 48.5 Å². The number of hydrogen-bond acceptors (Lipinski definition) is 6. The molecule has 3 aromatic rings. The Morgan fingerprint density at radius 3 is 2.48 bits per heavy atom. The van der Waals surface area contributed by atoms with Crippen molar-refractivity contribution in [2.45, 2.75) is 20.4 Å². The zero-order valence-electron chi connectivity index (χ0n) is 16.0. The van der Waals surface area contributed by atoms with E-state index < -0.39 is 0 Å². The normalized spacial score (nSPS) is 10.4. The summed E-state index contributed by atoms with van der Waals surface area (Å²) in [6.45, 7) is 4.70. The smallest absolute Gasteiger partial charge is 0.225 e. The predicted molar refractivity (Wildman–Crippen MR) is 108 cm³/mol. The van der Waals surface area contributed by atoms with Gasteiger partial charge in [0.2, 0.25) is 5.95 Å². The molecular formula is C21H24N4O2. The average Bonchev–Trinajstić information content (AvgIpc) is 2.67. The fourth-order valence-electron chi connectivity index (χ4n) is 2.74. The second-order valence-corrected chi connectivity index (χ2v) is 6.19. The van der Waals surface area contributed by atoms with E-state index in [2.05, 4.69) is 39.7 Å². The maximum atomic E-state index is 5.42. The molecule has 2 N–H and O–H groups in total. The summed E-state index contributed by atoms with van der Waals surface area (Å²) in [5, 5.41) is 6.59. The molecule has 0 fully saturated rings. The first kappa shape index (κ1) is 18.5. The van der Waals surface area contributed by atoms with E-state index >= 15 is 0 Å². The lowest BCUT2D eigenvalue weighted by Gasteiger charge is -2.14. The quantitative estimate of drug-likeness (QED) is 0.645. The predicted octanol–water partition coefficient (Wildman–Crippen LogP) is 4.47. The summed E-state index contributed by atoms with van der Waals surface area (Å²) in [5.41, 5.74) is 4.09. The summed E-state index contributed by atoms with van der Waals surface area (Å²) in [6, 6.07) is 15.7. The first-order valence-electron chi connectivity index (χ1n) is 8.72. The summed E-state index contributed by atoms with van der Waals surface area (Å²) < 4.78 is 10.7. The van der Waals surface area contributed by atoms with E-state index in [9.17, 15) is 0 Å². The maximum Gasteiger partial charge on any atom is 0.225 e. The molecule has 140 valence electrons. The lowest BCUT2D eigenvalue weighted by Crippen LogP contribution is -2.07. The third-order valence-corrected chi connectivity index (χ3v) is 4.22. The Kier molecular flexibility index (Phi) is 5.76. The van der Waals surface area contributed by atoms with Crippen LogP contribution in [0.25, 0.3) is 0 Å². The Balaban J connectivity index is 1.80. The van der Waals surface area contributed by atoms with Crippen LogP contribution in [0.1, 0.15) is 16.8 Å². The number of hydrogen-bond donors (Lipinski definition) is 2. The van der Waals surface area contributed by atoms with Crippen molar-refractivity contribution in [3.8, 4) is 11.5 Å². The van der Waals surface area contributed by atoms with Gasteiger partial charge in [-0.2, -0.15) is 4.98 Å². The van der Waals surface area contributed by atoms with Gasteiger partial charge in [0.15, 0.2) is 0 Å². The minimum atomic E-state index is 0.572. The van der Waals surface area contributed by atoms with Crippen LogP contribution >= 0.6 is 0 Å². The highest BCUT2D eigenvalue weighted by Gasteiger charge is 2.08. The topological polar surface area (TPSA) is 68.3 Å². The van der Waals surface area contributed by atoms with Gasteiger partial charge >= 0.3 is 0 Å². The van der Waals surface area contributed by atoms with Gasteiger partial charge in [0.05, 0.1) is 19.9 Å². The third kappa shape index (κ3) is 4.67. The second-order valence-electron chi connectivity index (χ2n) is 6.19. The van der Waals surface area contributed by atoms with E-state index in [4.69, 9.17) is 9.47 Å². The second kappa shape index (κ2) is 8.40. The Hall–Kier alpha value is -3.28. The molecule has 6 nitrogen and oxygen atoms in total. The molecule has 27 heavy (non-hydrogen) atoms. The molecule has 0 bridgehead atoms. The van der Waals surface area contributed by atoms with Gasteiger partial charge in [-0.05, 0) is 37.1 Å². The van der Waals surface area contributed by atoms with Crippen LogP contribution < -0.4 is 20.1 Å². The molecule has 0 spiro atoms. The zero-order chi connectivity index (χ0) is 19.2. The molecular weight excluding hydrogens is 340 g/mol. The van der Waals surface area contributed by atoms with Crippen LogP contribution in [0.5, 0.6) is 11.5 Å². The SMILES string of the molecule is COc1ccc(OC)c(Nc2cc(C)nc(NCc3ccccc3C)n2)c1. The summed E-state index contributed by atoms with van der Waals surface area (Å²) >= 11 is 0. The standard InChI is InChI=1S/C21H24N4O2/c1-14-7-5-6-8-16(14)13-22-21-23-15(2)11-20(25-21)24-18-12-17(26-3)9-10-19(18)27-4/h5-12H,13H2,1-4H3,(H2,22,23,24,25). The van der Waals surface area contributed by atoms with Crippen molar-refractivity contribution in [3.05, 3.63) is 65.4 Å². The van der Waals surface area contributed by atoms with Crippen LogP contribution in [0, 0.1) is 13.8 Å². The monoisotopic (exact) mass is 364 g/mol. The Morgan fingerprint density at radius 1 is 0.926 bits per heavy atom. The van der Waals surface area contributed by atoms with E-state index in [0.29, 0.717) is 24.1 Å². The number of anilines is 3. The van der Waals surface area contributed by atoms with Crippen LogP contribution in [-0.4, -0.2) is 24.2 Å². The van der Waals surface area contributed by atoms with Crippen molar-refractivity contribution < 1.29 is 9.47 Å². The van der Waals surface area contributed by atoms with Gasteiger partial charge in [0, 0.05) is 24.4 Å². The summed E-state index contributed by atoms with van der Waals surface area (Å²) in [6.07, 6.45) is 0. The first-order valence-corrected chi connectivity index (χ1v) is 8.72. The van der Waals surface area contributed by atoms with Crippen LogP contribution in [-0.2, 0) is 6.54 Å². The molecule has 1 heterocycles. The van der Waals surface area contributed by atoms with Crippen molar-refractivity contribution in [2.24, 2.45) is 0 Å². The molecule has 0 unspecified atom stereocenters. The average molecular weight is 364 g/mol. The summed E-state index contributed by atoms with van der Waals surface area (Å²) in [5.74, 6) is 2.70. The Morgan fingerprint density at radius 2 is 1.74 bits per heavy atom. The van der Waals surface area contributed by atoms with Crippen LogP contribution in [0.3, 0.4) is 0 Å². The largest absolute Gasteiger partial charge is 0.497 e. The Bertz CT molecular complexity index is 928. The first-order chi connectivity index (χ1) is 13.1. The molecule has 0 aliphatic heterocycles. The van der Waals surface area contributed by atoms with Gasteiger partial charge in [0.25, 0.3) is 0 Å². The molecule has 0 radical (unpaired) electrons. The van der Waals surface area contributed by atoms with Gasteiger partial charge in [-0.3, -0.25) is 0 Å². The molecule has 0 saturated carbocycles. The van der Waals surface area contributed by atoms with Crippen LogP contribution in [0.4, 0.5) is 17.5 Å². The summed E-state index contributed by atoms with van der Waals surface area (Å²) in [7, 11) is 3.27. The van der Waals surface area contributed by atoms with E-state index in [1.54, 1.807) is 14.2 Å². The molecule has 2 aromatic carbocycles. The van der Waals surface area contributed by atoms with Crippen molar-refractivity contribution >= 4 is 17.5 Å². The molecule has 0 aliphatic carbocycles. The lowest BCUT2D eigenvalue weighted by atomic mass is 10.1. The number of ether oxygens (including phenoxy) is 2. The number of methoxy groups -OCH3 is 2. The van der Waals surface area contributed by atoms with Gasteiger partial charge in [0.1, 0.15) is 17.3 Å². The van der Waals surface area contributed by atoms with E-state index in [1.807, 2.05) is 43.3 Å².